The Hall–Kier alpha value is -1.80. The van der Waals surface area contributed by atoms with Gasteiger partial charge in [0.25, 0.3) is 5.91 Å². The lowest BCUT2D eigenvalue weighted by molar-refractivity contribution is 0.0665. The number of hydrogen-bond donors (Lipinski definition) is 0. The van der Waals surface area contributed by atoms with Gasteiger partial charge in [-0.3, -0.25) is 4.79 Å². The fourth-order valence-electron chi connectivity index (χ4n) is 2.67. The number of carbonyl (C=O) groups is 1. The van der Waals surface area contributed by atoms with Crippen molar-refractivity contribution in [2.45, 2.75) is 45.3 Å². The summed E-state index contributed by atoms with van der Waals surface area (Å²) >= 11 is 1.51. The number of hydrogen-bond acceptors (Lipinski definition) is 7. The number of aryl methyl sites for hydroxylation is 1. The minimum Gasteiger partial charge on any atom is -0.380 e. The maximum atomic E-state index is 12.9. The van der Waals surface area contributed by atoms with Gasteiger partial charge in [0.2, 0.25) is 5.89 Å². The average molecular weight is 336 g/mol. The van der Waals surface area contributed by atoms with E-state index in [2.05, 4.69) is 29.0 Å². The molecular weight excluding hydrogens is 316 g/mol. The lowest BCUT2D eigenvalue weighted by atomic mass is 10.2. The minimum absolute atomic E-state index is 0.0423. The van der Waals surface area contributed by atoms with E-state index in [0.29, 0.717) is 36.3 Å². The Morgan fingerprint density at radius 3 is 2.83 bits per heavy atom. The molecule has 8 heteroatoms. The molecule has 124 valence electrons. The second-order valence-corrected chi connectivity index (χ2v) is 6.86. The summed E-state index contributed by atoms with van der Waals surface area (Å²) in [4.78, 5) is 23.3. The van der Waals surface area contributed by atoms with E-state index < -0.39 is 0 Å². The molecule has 0 aliphatic carbocycles. The molecule has 23 heavy (non-hydrogen) atoms. The molecule has 3 heterocycles. The molecule has 2 aromatic heterocycles. The monoisotopic (exact) mass is 336 g/mol. The zero-order chi connectivity index (χ0) is 16.6. The summed E-state index contributed by atoms with van der Waals surface area (Å²) < 4.78 is 10.7. The maximum absolute atomic E-state index is 12.9. The van der Waals surface area contributed by atoms with Gasteiger partial charge in [-0.15, -0.1) is 11.3 Å². The summed E-state index contributed by atoms with van der Waals surface area (Å²) in [5.74, 6) is 1.20. The predicted molar refractivity (Wildman–Crippen MR) is 84.4 cm³/mol. The van der Waals surface area contributed by atoms with Crippen molar-refractivity contribution in [1.29, 1.82) is 0 Å². The predicted octanol–water partition coefficient (Wildman–Crippen LogP) is 2.56. The van der Waals surface area contributed by atoms with Crippen molar-refractivity contribution < 1.29 is 14.1 Å². The first-order chi connectivity index (χ1) is 11.0. The molecule has 0 unspecified atom stereocenters. The summed E-state index contributed by atoms with van der Waals surface area (Å²) in [7, 11) is 1.65. The molecule has 0 saturated carbocycles. The van der Waals surface area contributed by atoms with Crippen molar-refractivity contribution >= 4 is 17.2 Å². The summed E-state index contributed by atoms with van der Waals surface area (Å²) in [5.41, 5.74) is 0.469. The molecular formula is C15H20N4O3S. The van der Waals surface area contributed by atoms with Gasteiger partial charge in [-0.25, -0.2) is 4.98 Å². The Kier molecular flexibility index (Phi) is 4.45. The summed E-state index contributed by atoms with van der Waals surface area (Å²) in [5, 5.41) is 6.60. The Balaban J connectivity index is 1.86. The lowest BCUT2D eigenvalue weighted by Crippen LogP contribution is -2.32. The summed E-state index contributed by atoms with van der Waals surface area (Å²) in [6.45, 7) is 6.38. The van der Waals surface area contributed by atoms with Gasteiger partial charge in [0.15, 0.2) is 5.82 Å². The van der Waals surface area contributed by atoms with E-state index in [1.165, 1.54) is 11.3 Å². The molecule has 1 saturated heterocycles. The molecule has 2 atom stereocenters. The normalized spacial score (nSPS) is 21.3. The van der Waals surface area contributed by atoms with Crippen LogP contribution in [0.15, 0.2) is 9.90 Å². The van der Waals surface area contributed by atoms with Gasteiger partial charge in [0.05, 0.1) is 11.1 Å². The molecule has 0 N–H and O–H groups in total. The van der Waals surface area contributed by atoms with Crippen LogP contribution in [0.1, 0.15) is 59.4 Å². The first kappa shape index (κ1) is 16.1. The number of thiazole rings is 1. The highest BCUT2D eigenvalue weighted by atomic mass is 32.1. The van der Waals surface area contributed by atoms with Gasteiger partial charge >= 0.3 is 0 Å². The SMILES string of the molecule is CO[C@@H]1C[C@H](c2nc(C)no2)N(C(=O)c2csc(C(C)C)n2)C1. The number of likely N-dealkylation sites (tertiary alicyclic amines) is 1. The number of ether oxygens (including phenoxy) is 1. The summed E-state index contributed by atoms with van der Waals surface area (Å²) in [6.07, 6.45) is 0.602. The molecule has 1 aliphatic heterocycles. The van der Waals surface area contributed by atoms with Crippen LogP contribution >= 0.6 is 11.3 Å². The van der Waals surface area contributed by atoms with Gasteiger partial charge in [-0.05, 0) is 6.92 Å². The fraction of sp³-hybridized carbons (Fsp3) is 0.600. The number of nitrogens with zero attached hydrogens (tertiary/aromatic N) is 4. The van der Waals surface area contributed by atoms with Gasteiger partial charge in [0, 0.05) is 31.4 Å². The number of methoxy groups -OCH3 is 1. The maximum Gasteiger partial charge on any atom is 0.274 e. The third-order valence-corrected chi connectivity index (χ3v) is 5.07. The standard InChI is InChI=1S/C15H20N4O3S/c1-8(2)14-17-11(7-23-14)15(20)19-6-10(21-4)5-12(19)13-16-9(3)18-22-13/h7-8,10,12H,5-6H2,1-4H3/t10-,12-/m1/s1. The Morgan fingerprint density at radius 2 is 2.26 bits per heavy atom. The van der Waals surface area contributed by atoms with Crippen LogP contribution in [0.5, 0.6) is 0 Å². The van der Waals surface area contributed by atoms with Crippen LogP contribution < -0.4 is 0 Å². The second-order valence-electron chi connectivity index (χ2n) is 5.97. The number of aromatic nitrogens is 3. The van der Waals surface area contributed by atoms with Crippen molar-refractivity contribution in [2.24, 2.45) is 0 Å². The van der Waals surface area contributed by atoms with Crippen LogP contribution in [-0.4, -0.2) is 45.7 Å². The van der Waals surface area contributed by atoms with Crippen LogP contribution in [0.25, 0.3) is 0 Å². The zero-order valence-electron chi connectivity index (χ0n) is 13.6. The average Bonchev–Trinajstić information content (AvgIpc) is 3.24. The third-order valence-electron chi connectivity index (χ3n) is 3.92. The molecule has 0 spiro atoms. The van der Waals surface area contributed by atoms with Gasteiger partial charge in [0.1, 0.15) is 11.7 Å². The number of rotatable bonds is 4. The largest absolute Gasteiger partial charge is 0.380 e. The van der Waals surface area contributed by atoms with E-state index >= 15 is 0 Å². The van der Waals surface area contributed by atoms with Crippen molar-refractivity contribution in [2.75, 3.05) is 13.7 Å². The third kappa shape index (κ3) is 3.13. The van der Waals surface area contributed by atoms with E-state index in [4.69, 9.17) is 9.26 Å². The van der Waals surface area contributed by atoms with Gasteiger partial charge in [-0.2, -0.15) is 4.98 Å². The lowest BCUT2D eigenvalue weighted by Gasteiger charge is -2.20. The smallest absolute Gasteiger partial charge is 0.274 e. The van der Waals surface area contributed by atoms with Crippen LogP contribution in [0, 0.1) is 6.92 Å². The van der Waals surface area contributed by atoms with E-state index in [1.807, 2.05) is 5.38 Å². The van der Waals surface area contributed by atoms with Crippen LogP contribution in [0.4, 0.5) is 0 Å². The Labute approximate surface area is 138 Å². The second kappa shape index (κ2) is 6.37. The van der Waals surface area contributed by atoms with Crippen molar-refractivity contribution in [3.05, 3.63) is 27.8 Å². The van der Waals surface area contributed by atoms with E-state index in [0.717, 1.165) is 5.01 Å². The minimum atomic E-state index is -0.266. The first-order valence-corrected chi connectivity index (χ1v) is 8.47. The van der Waals surface area contributed by atoms with Gasteiger partial charge < -0.3 is 14.2 Å². The van der Waals surface area contributed by atoms with E-state index in [1.54, 1.807) is 18.9 Å². The molecule has 0 bridgehead atoms. The van der Waals surface area contributed by atoms with Crippen LogP contribution in [0.2, 0.25) is 0 Å². The van der Waals surface area contributed by atoms with Crippen molar-refractivity contribution in [3.8, 4) is 0 Å². The first-order valence-electron chi connectivity index (χ1n) is 7.59. The molecule has 2 aromatic rings. The highest BCUT2D eigenvalue weighted by molar-refractivity contribution is 7.09. The zero-order valence-corrected chi connectivity index (χ0v) is 14.5. The Bertz CT molecular complexity index is 696. The Morgan fingerprint density at radius 1 is 1.48 bits per heavy atom. The van der Waals surface area contributed by atoms with E-state index in [9.17, 15) is 4.79 Å². The van der Waals surface area contributed by atoms with Crippen molar-refractivity contribution in [1.82, 2.24) is 20.0 Å². The fourth-order valence-corrected chi connectivity index (χ4v) is 3.48. The summed E-state index contributed by atoms with van der Waals surface area (Å²) in [6, 6.07) is -0.266. The van der Waals surface area contributed by atoms with E-state index in [-0.39, 0.29) is 18.1 Å². The molecule has 1 fully saturated rings. The topological polar surface area (TPSA) is 81.4 Å². The number of amides is 1. The molecule has 1 amide bonds. The highest BCUT2D eigenvalue weighted by Crippen LogP contribution is 2.34. The number of carbonyl (C=O) groups excluding carboxylic acids is 1. The molecule has 3 rings (SSSR count). The van der Waals surface area contributed by atoms with Gasteiger partial charge in [-0.1, -0.05) is 19.0 Å². The van der Waals surface area contributed by atoms with Crippen LogP contribution in [0.3, 0.4) is 0 Å². The molecule has 1 aliphatic rings. The van der Waals surface area contributed by atoms with Crippen molar-refractivity contribution in [3.63, 3.8) is 0 Å². The quantitative estimate of drug-likeness (QED) is 0.853. The molecule has 0 radical (unpaired) electrons. The van der Waals surface area contributed by atoms with Crippen LogP contribution in [-0.2, 0) is 4.74 Å². The molecule has 7 nitrogen and oxygen atoms in total. The highest BCUT2D eigenvalue weighted by Gasteiger charge is 2.40. The molecule has 0 aromatic carbocycles.